The number of nitrogens with zero attached hydrogens (tertiary/aromatic N) is 4. The lowest BCUT2D eigenvalue weighted by Crippen LogP contribution is -2.30. The summed E-state index contributed by atoms with van der Waals surface area (Å²) in [6, 6.07) is 22.4. The van der Waals surface area contributed by atoms with Gasteiger partial charge in [-0.1, -0.05) is 60.7 Å². The van der Waals surface area contributed by atoms with Gasteiger partial charge in [-0.05, 0) is 36.3 Å². The first-order valence-electron chi connectivity index (χ1n) is 11.3. The molecule has 1 aromatic heterocycles. The zero-order valence-electron chi connectivity index (χ0n) is 18.9. The second-order valence-corrected chi connectivity index (χ2v) is 8.56. The molecule has 166 valence electrons. The number of hydrogen-bond acceptors (Lipinski definition) is 5. The Morgan fingerprint density at radius 3 is 2.25 bits per heavy atom. The molecule has 6 nitrogen and oxygen atoms in total. The van der Waals surface area contributed by atoms with Gasteiger partial charge in [0.05, 0.1) is 0 Å². The summed E-state index contributed by atoms with van der Waals surface area (Å²) < 4.78 is 0. The molecule has 2 aromatic carbocycles. The van der Waals surface area contributed by atoms with Crippen LogP contribution in [-0.4, -0.2) is 43.1 Å². The van der Waals surface area contributed by atoms with Gasteiger partial charge in [0.25, 0.3) is 5.91 Å². The van der Waals surface area contributed by atoms with E-state index >= 15 is 0 Å². The van der Waals surface area contributed by atoms with Gasteiger partial charge in [-0.15, -0.1) is 0 Å². The molecule has 0 bridgehead atoms. The molecule has 4 rings (SSSR count). The normalized spacial score (nSPS) is 12.9. The smallest absolute Gasteiger partial charge is 0.270 e. The average molecular weight is 430 g/mol. The van der Waals surface area contributed by atoms with Gasteiger partial charge in [0, 0.05) is 39.8 Å². The molecular formula is C26H31N5O. The van der Waals surface area contributed by atoms with Gasteiger partial charge in [-0.2, -0.15) is 4.98 Å². The van der Waals surface area contributed by atoms with Crippen LogP contribution in [-0.2, 0) is 13.0 Å². The molecule has 0 saturated heterocycles. The molecule has 1 aliphatic carbocycles. The standard InChI is InChI=1S/C26H31N5O/c1-30(16-15-20-9-5-3-6-10-20)26-28-23(25(32)27-18-21-13-14-21)17-24(29-26)31(2)19-22-11-7-4-8-12-22/h3-12,17,21H,13-16,18-19H2,1-2H3,(H,27,32). The molecule has 0 spiro atoms. The van der Waals surface area contributed by atoms with E-state index in [2.05, 4.69) is 39.5 Å². The van der Waals surface area contributed by atoms with Crippen molar-refractivity contribution in [2.24, 2.45) is 5.92 Å². The molecule has 1 aliphatic rings. The second kappa shape index (κ2) is 10.3. The number of hydrogen-bond donors (Lipinski definition) is 1. The third kappa shape index (κ3) is 6.06. The molecule has 6 heteroatoms. The lowest BCUT2D eigenvalue weighted by molar-refractivity contribution is 0.0946. The Bertz CT molecular complexity index is 1020. The maximum atomic E-state index is 12.8. The van der Waals surface area contributed by atoms with Gasteiger partial charge in [0.1, 0.15) is 11.5 Å². The summed E-state index contributed by atoms with van der Waals surface area (Å²) in [5.41, 5.74) is 2.86. The van der Waals surface area contributed by atoms with Gasteiger partial charge < -0.3 is 15.1 Å². The minimum atomic E-state index is -0.133. The number of benzene rings is 2. The van der Waals surface area contributed by atoms with Crippen LogP contribution < -0.4 is 15.1 Å². The maximum absolute atomic E-state index is 12.8. The minimum absolute atomic E-state index is 0.133. The molecule has 3 aromatic rings. The third-order valence-corrected chi connectivity index (χ3v) is 5.76. The van der Waals surface area contributed by atoms with Crippen molar-refractivity contribution >= 4 is 17.7 Å². The highest BCUT2D eigenvalue weighted by Gasteiger charge is 2.23. The zero-order chi connectivity index (χ0) is 22.3. The summed E-state index contributed by atoms with van der Waals surface area (Å²) in [5.74, 6) is 1.79. The molecular weight excluding hydrogens is 398 g/mol. The van der Waals surface area contributed by atoms with Crippen molar-refractivity contribution in [1.29, 1.82) is 0 Å². The van der Waals surface area contributed by atoms with Gasteiger partial charge >= 0.3 is 0 Å². The van der Waals surface area contributed by atoms with Crippen LogP contribution in [0.1, 0.15) is 34.5 Å². The number of carbonyl (C=O) groups excluding carboxylic acids is 1. The van der Waals surface area contributed by atoms with Crippen LogP contribution in [0.15, 0.2) is 66.7 Å². The summed E-state index contributed by atoms with van der Waals surface area (Å²) in [6.45, 7) is 2.18. The number of amides is 1. The topological polar surface area (TPSA) is 61.4 Å². The molecule has 1 amide bonds. The van der Waals surface area contributed by atoms with Crippen molar-refractivity contribution in [2.75, 3.05) is 37.0 Å². The molecule has 1 saturated carbocycles. The Balaban J connectivity index is 1.53. The summed E-state index contributed by atoms with van der Waals surface area (Å²) in [6.07, 6.45) is 3.28. The highest BCUT2D eigenvalue weighted by molar-refractivity contribution is 5.93. The summed E-state index contributed by atoms with van der Waals surface area (Å²) in [5, 5.41) is 3.03. The molecule has 1 fully saturated rings. The van der Waals surface area contributed by atoms with E-state index in [1.165, 1.54) is 24.0 Å². The predicted molar refractivity (Wildman–Crippen MR) is 129 cm³/mol. The van der Waals surface area contributed by atoms with Crippen molar-refractivity contribution in [3.63, 3.8) is 0 Å². The van der Waals surface area contributed by atoms with Crippen molar-refractivity contribution in [3.05, 3.63) is 83.6 Å². The number of rotatable bonds is 10. The largest absolute Gasteiger partial charge is 0.355 e. The van der Waals surface area contributed by atoms with Crippen LogP contribution in [0.5, 0.6) is 0 Å². The van der Waals surface area contributed by atoms with E-state index in [0.717, 1.165) is 25.3 Å². The molecule has 0 radical (unpaired) electrons. The molecule has 0 aliphatic heterocycles. The number of carbonyl (C=O) groups is 1. The number of anilines is 2. The quantitative estimate of drug-likeness (QED) is 0.529. The van der Waals surface area contributed by atoms with E-state index in [1.54, 1.807) is 6.07 Å². The van der Waals surface area contributed by atoms with E-state index in [0.29, 0.717) is 24.1 Å². The Morgan fingerprint density at radius 1 is 0.938 bits per heavy atom. The second-order valence-electron chi connectivity index (χ2n) is 8.56. The lowest BCUT2D eigenvalue weighted by Gasteiger charge is -2.23. The summed E-state index contributed by atoms with van der Waals surface area (Å²) in [4.78, 5) is 26.3. The molecule has 1 N–H and O–H groups in total. The Morgan fingerprint density at radius 2 is 1.59 bits per heavy atom. The predicted octanol–water partition coefficient (Wildman–Crippen LogP) is 3.93. The third-order valence-electron chi connectivity index (χ3n) is 5.76. The molecule has 0 unspecified atom stereocenters. The summed E-state index contributed by atoms with van der Waals surface area (Å²) in [7, 11) is 3.97. The van der Waals surface area contributed by atoms with Crippen LogP contribution in [0.3, 0.4) is 0 Å². The van der Waals surface area contributed by atoms with Crippen LogP contribution >= 0.6 is 0 Å². The van der Waals surface area contributed by atoms with Gasteiger partial charge in [-0.25, -0.2) is 4.98 Å². The zero-order valence-corrected chi connectivity index (χ0v) is 18.9. The fraction of sp³-hybridized carbons (Fsp3) is 0.346. The molecule has 0 atom stereocenters. The lowest BCUT2D eigenvalue weighted by atomic mass is 10.1. The SMILES string of the molecule is CN(Cc1ccccc1)c1cc(C(=O)NCC2CC2)nc(N(C)CCc2ccccc2)n1. The first kappa shape index (κ1) is 21.8. The maximum Gasteiger partial charge on any atom is 0.270 e. The Labute approximate surface area is 190 Å². The van der Waals surface area contributed by atoms with Crippen molar-refractivity contribution in [3.8, 4) is 0 Å². The van der Waals surface area contributed by atoms with E-state index in [4.69, 9.17) is 4.98 Å². The van der Waals surface area contributed by atoms with E-state index < -0.39 is 0 Å². The Hall–Kier alpha value is -3.41. The monoisotopic (exact) mass is 429 g/mol. The van der Waals surface area contributed by atoms with Crippen molar-refractivity contribution in [1.82, 2.24) is 15.3 Å². The van der Waals surface area contributed by atoms with Gasteiger partial charge in [0.15, 0.2) is 0 Å². The first-order chi connectivity index (χ1) is 15.6. The fourth-order valence-corrected chi connectivity index (χ4v) is 3.53. The van der Waals surface area contributed by atoms with Crippen LogP contribution in [0.4, 0.5) is 11.8 Å². The van der Waals surface area contributed by atoms with Crippen LogP contribution in [0.2, 0.25) is 0 Å². The highest BCUT2D eigenvalue weighted by Crippen LogP contribution is 2.27. The van der Waals surface area contributed by atoms with E-state index in [1.807, 2.05) is 55.4 Å². The number of likely N-dealkylation sites (N-methyl/N-ethyl adjacent to an activating group) is 1. The van der Waals surface area contributed by atoms with Gasteiger partial charge in [0.2, 0.25) is 5.95 Å². The van der Waals surface area contributed by atoms with E-state index in [9.17, 15) is 4.79 Å². The van der Waals surface area contributed by atoms with Gasteiger partial charge in [-0.3, -0.25) is 4.79 Å². The number of aromatic nitrogens is 2. The average Bonchev–Trinajstić information content (AvgIpc) is 3.66. The number of nitrogens with one attached hydrogen (secondary N) is 1. The van der Waals surface area contributed by atoms with Crippen LogP contribution in [0, 0.1) is 5.92 Å². The fourth-order valence-electron chi connectivity index (χ4n) is 3.53. The van der Waals surface area contributed by atoms with Crippen molar-refractivity contribution < 1.29 is 4.79 Å². The molecule has 32 heavy (non-hydrogen) atoms. The first-order valence-corrected chi connectivity index (χ1v) is 11.3. The van der Waals surface area contributed by atoms with E-state index in [-0.39, 0.29) is 5.91 Å². The minimum Gasteiger partial charge on any atom is -0.355 e. The summed E-state index contributed by atoms with van der Waals surface area (Å²) >= 11 is 0. The highest BCUT2D eigenvalue weighted by atomic mass is 16.1. The van der Waals surface area contributed by atoms with Crippen LogP contribution in [0.25, 0.3) is 0 Å². The van der Waals surface area contributed by atoms with Crippen molar-refractivity contribution in [2.45, 2.75) is 25.8 Å². The Kier molecular flexibility index (Phi) is 7.00. The molecule has 1 heterocycles.